The minimum absolute atomic E-state index is 0.165. The van der Waals surface area contributed by atoms with Crippen LogP contribution in [0.4, 0.5) is 13.6 Å². The van der Waals surface area contributed by atoms with Crippen molar-refractivity contribution in [3.8, 4) is 11.5 Å². The number of likely N-dealkylation sites (tertiary alicyclic amines) is 1. The first-order chi connectivity index (χ1) is 17.0. The Morgan fingerprint density at radius 2 is 1.94 bits per heavy atom. The third kappa shape index (κ3) is 3.93. The van der Waals surface area contributed by atoms with E-state index < -0.39 is 6.09 Å². The van der Waals surface area contributed by atoms with E-state index in [1.54, 1.807) is 12.1 Å². The Hall–Kier alpha value is -3.46. The Morgan fingerprint density at radius 3 is 2.74 bits per heavy atom. The number of aromatic nitrogens is 3. The minimum atomic E-state index is -0.921. The third-order valence-corrected chi connectivity index (χ3v) is 7.43. The number of carbonyl (C=O) groups is 1. The molecule has 2 fully saturated rings. The van der Waals surface area contributed by atoms with E-state index in [9.17, 15) is 18.7 Å². The maximum Gasteiger partial charge on any atom is 0.407 e. The zero-order chi connectivity index (χ0) is 24.1. The van der Waals surface area contributed by atoms with E-state index in [2.05, 4.69) is 14.9 Å². The van der Waals surface area contributed by atoms with E-state index in [0.29, 0.717) is 36.4 Å². The molecule has 1 amide bonds. The fraction of sp³-hybridized carbons (Fsp3) is 0.385. The molecule has 2 unspecified atom stereocenters. The quantitative estimate of drug-likeness (QED) is 0.380. The molecule has 2 saturated heterocycles. The molecule has 6 rings (SSSR count). The third-order valence-electron chi connectivity index (χ3n) is 7.43. The summed E-state index contributed by atoms with van der Waals surface area (Å²) in [6, 6.07) is 9.36. The summed E-state index contributed by atoms with van der Waals surface area (Å²) < 4.78 is 30.3. The van der Waals surface area contributed by atoms with Gasteiger partial charge in [0.05, 0.1) is 16.7 Å². The highest BCUT2D eigenvalue weighted by Gasteiger charge is 2.31. The van der Waals surface area contributed by atoms with Crippen LogP contribution in [0.5, 0.6) is 0 Å². The van der Waals surface area contributed by atoms with Gasteiger partial charge in [0.1, 0.15) is 11.6 Å². The predicted octanol–water partition coefficient (Wildman–Crippen LogP) is 4.90. The number of nitrogens with one attached hydrogen (secondary N) is 2. The van der Waals surface area contributed by atoms with Gasteiger partial charge in [-0.15, -0.1) is 0 Å². The number of hydrogen-bond donors (Lipinski definition) is 3. The van der Waals surface area contributed by atoms with Crippen LogP contribution in [-0.2, 0) is 13.0 Å². The molecule has 2 aromatic carbocycles. The van der Waals surface area contributed by atoms with Crippen LogP contribution in [0.2, 0.25) is 0 Å². The van der Waals surface area contributed by atoms with E-state index in [1.165, 1.54) is 29.2 Å². The van der Waals surface area contributed by atoms with Gasteiger partial charge in [0, 0.05) is 42.1 Å². The summed E-state index contributed by atoms with van der Waals surface area (Å²) in [5, 5.41) is 14.1. The summed E-state index contributed by atoms with van der Waals surface area (Å²) in [5.74, 6) is -0.0453. The molecular formula is C26H27F2N5O2. The van der Waals surface area contributed by atoms with Crippen LogP contribution in [0.3, 0.4) is 0 Å². The van der Waals surface area contributed by atoms with Crippen molar-refractivity contribution in [3.63, 3.8) is 0 Å². The number of nitrogens with zero attached hydrogens (tertiary/aromatic N) is 3. The maximum atomic E-state index is 14.1. The van der Waals surface area contributed by atoms with Crippen molar-refractivity contribution >= 4 is 28.0 Å². The Balaban J connectivity index is 1.53. The smallest absolute Gasteiger partial charge is 0.407 e. The summed E-state index contributed by atoms with van der Waals surface area (Å²) in [4.78, 5) is 21.5. The van der Waals surface area contributed by atoms with E-state index in [-0.39, 0.29) is 23.7 Å². The fourth-order valence-electron chi connectivity index (χ4n) is 5.78. The van der Waals surface area contributed by atoms with Crippen molar-refractivity contribution in [2.24, 2.45) is 0 Å². The van der Waals surface area contributed by atoms with Gasteiger partial charge < -0.3 is 24.9 Å². The number of aromatic amines is 1. The first-order valence-electron chi connectivity index (χ1n) is 12.2. The molecular weight excluding hydrogens is 452 g/mol. The lowest BCUT2D eigenvalue weighted by molar-refractivity contribution is 0.140. The largest absolute Gasteiger partial charge is 0.465 e. The first-order valence-corrected chi connectivity index (χ1v) is 12.2. The van der Waals surface area contributed by atoms with Crippen LogP contribution in [-0.4, -0.2) is 55.8 Å². The second-order valence-corrected chi connectivity index (χ2v) is 9.62. The molecule has 7 nitrogen and oxygen atoms in total. The van der Waals surface area contributed by atoms with Crippen molar-refractivity contribution in [2.45, 2.75) is 50.7 Å². The predicted molar refractivity (Wildman–Crippen MR) is 129 cm³/mol. The number of halogens is 2. The number of hydrogen-bond acceptors (Lipinski definition) is 3. The number of H-pyrrole nitrogens is 1. The van der Waals surface area contributed by atoms with Crippen molar-refractivity contribution in [1.82, 2.24) is 24.8 Å². The molecule has 4 heterocycles. The van der Waals surface area contributed by atoms with Gasteiger partial charge in [-0.05, 0) is 74.5 Å². The molecule has 0 radical (unpaired) electrons. The summed E-state index contributed by atoms with van der Waals surface area (Å²) >= 11 is 0. The maximum absolute atomic E-state index is 14.1. The normalized spacial score (nSPS) is 20.5. The van der Waals surface area contributed by atoms with E-state index in [4.69, 9.17) is 4.98 Å². The van der Waals surface area contributed by atoms with Gasteiger partial charge in [-0.2, -0.15) is 0 Å². The Kier molecular flexibility index (Phi) is 5.44. The SMILES string of the molecule is O=C(O)N1CCCC1Cc1c(-c2nc3cc(F)ccc3n2CC2CCCN2)[nH]c2cc(F)ccc12. The zero-order valence-electron chi connectivity index (χ0n) is 19.2. The highest BCUT2D eigenvalue weighted by molar-refractivity contribution is 5.91. The van der Waals surface area contributed by atoms with E-state index in [0.717, 1.165) is 54.4 Å². The van der Waals surface area contributed by atoms with Gasteiger partial charge >= 0.3 is 6.09 Å². The highest BCUT2D eigenvalue weighted by atomic mass is 19.1. The molecule has 2 atom stereocenters. The molecule has 35 heavy (non-hydrogen) atoms. The van der Waals surface area contributed by atoms with Crippen molar-refractivity contribution in [1.29, 1.82) is 0 Å². The second-order valence-electron chi connectivity index (χ2n) is 9.62. The topological polar surface area (TPSA) is 86.2 Å². The monoisotopic (exact) mass is 479 g/mol. The average molecular weight is 480 g/mol. The highest BCUT2D eigenvalue weighted by Crippen LogP contribution is 2.36. The van der Waals surface area contributed by atoms with E-state index in [1.807, 2.05) is 0 Å². The number of imidazole rings is 1. The molecule has 2 aromatic heterocycles. The van der Waals surface area contributed by atoms with Crippen LogP contribution in [0, 0.1) is 11.6 Å². The molecule has 2 aliphatic rings. The Morgan fingerprint density at radius 1 is 1.11 bits per heavy atom. The van der Waals surface area contributed by atoms with Crippen LogP contribution >= 0.6 is 0 Å². The van der Waals surface area contributed by atoms with Crippen LogP contribution in [0.15, 0.2) is 36.4 Å². The summed E-state index contributed by atoms with van der Waals surface area (Å²) in [6.45, 7) is 2.15. The first kappa shape index (κ1) is 22.0. The number of fused-ring (bicyclic) bond motifs is 2. The summed E-state index contributed by atoms with van der Waals surface area (Å²) in [7, 11) is 0. The lowest BCUT2D eigenvalue weighted by atomic mass is 10.00. The molecule has 0 bridgehead atoms. The molecule has 3 N–H and O–H groups in total. The number of amides is 1. The van der Waals surface area contributed by atoms with Crippen LogP contribution < -0.4 is 5.32 Å². The molecule has 4 aromatic rings. The van der Waals surface area contributed by atoms with Gasteiger partial charge in [0.15, 0.2) is 5.82 Å². The second kappa shape index (κ2) is 8.64. The van der Waals surface area contributed by atoms with Gasteiger partial charge in [-0.3, -0.25) is 0 Å². The van der Waals surface area contributed by atoms with E-state index >= 15 is 0 Å². The lowest BCUT2D eigenvalue weighted by Gasteiger charge is -2.22. The lowest BCUT2D eigenvalue weighted by Crippen LogP contribution is -2.35. The molecule has 0 saturated carbocycles. The van der Waals surface area contributed by atoms with Gasteiger partial charge in [0.25, 0.3) is 0 Å². The summed E-state index contributed by atoms with van der Waals surface area (Å²) in [5.41, 5.74) is 3.67. The minimum Gasteiger partial charge on any atom is -0.465 e. The van der Waals surface area contributed by atoms with Crippen molar-refractivity contribution in [3.05, 3.63) is 53.6 Å². The van der Waals surface area contributed by atoms with Crippen LogP contribution in [0.1, 0.15) is 31.2 Å². The Bertz CT molecular complexity index is 1420. The molecule has 0 aliphatic carbocycles. The Labute approximate surface area is 200 Å². The number of carboxylic acid groups (broad SMARTS) is 1. The van der Waals surface area contributed by atoms with Gasteiger partial charge in [-0.25, -0.2) is 18.6 Å². The standard InChI is InChI=1S/C26H27F2N5O2/c27-15-5-7-19-20(13-18-4-2-10-32(18)26(34)35)24(30-21(19)11-15)25-31-22-12-16(28)6-8-23(22)33(25)14-17-3-1-9-29-17/h5-8,11-12,17-18,29-30H,1-4,9-10,13-14H2,(H,34,35). The van der Waals surface area contributed by atoms with Gasteiger partial charge in [0.2, 0.25) is 0 Å². The molecule has 9 heteroatoms. The summed E-state index contributed by atoms with van der Waals surface area (Å²) in [6.07, 6.45) is 3.30. The van der Waals surface area contributed by atoms with Crippen LogP contribution in [0.25, 0.3) is 33.5 Å². The fourth-order valence-corrected chi connectivity index (χ4v) is 5.78. The van der Waals surface area contributed by atoms with Gasteiger partial charge in [-0.1, -0.05) is 0 Å². The number of benzene rings is 2. The molecule has 2 aliphatic heterocycles. The average Bonchev–Trinajstić information content (AvgIpc) is 3.61. The molecule has 0 spiro atoms. The number of rotatable bonds is 5. The zero-order valence-corrected chi connectivity index (χ0v) is 19.2. The van der Waals surface area contributed by atoms with Crippen molar-refractivity contribution < 1.29 is 18.7 Å². The molecule has 182 valence electrons. The van der Waals surface area contributed by atoms with Crippen molar-refractivity contribution in [2.75, 3.05) is 13.1 Å².